The van der Waals surface area contributed by atoms with E-state index in [1.807, 2.05) is 6.07 Å². The number of carbonyl (C=O) groups excluding carboxylic acids is 4. The van der Waals surface area contributed by atoms with Gasteiger partial charge < -0.3 is 10.1 Å². The van der Waals surface area contributed by atoms with Gasteiger partial charge in [-0.25, -0.2) is 9.59 Å². The third-order valence-corrected chi connectivity index (χ3v) is 5.28. The number of hydrogen-bond acceptors (Lipinski definition) is 8. The lowest BCUT2D eigenvalue weighted by Gasteiger charge is -2.22. The second-order valence-corrected chi connectivity index (χ2v) is 7.75. The van der Waals surface area contributed by atoms with Crippen molar-refractivity contribution in [1.29, 1.82) is 0 Å². The molecule has 4 amide bonds. The van der Waals surface area contributed by atoms with E-state index in [-0.39, 0.29) is 5.70 Å². The van der Waals surface area contributed by atoms with Crippen molar-refractivity contribution in [3.05, 3.63) is 77.6 Å². The van der Waals surface area contributed by atoms with Crippen LogP contribution < -0.4 is 10.7 Å². The van der Waals surface area contributed by atoms with Crippen molar-refractivity contribution >= 4 is 35.6 Å². The Balaban J connectivity index is 1.44. The van der Waals surface area contributed by atoms with Crippen LogP contribution in [0.3, 0.4) is 0 Å². The highest BCUT2D eigenvalue weighted by Crippen LogP contribution is 2.27. The summed E-state index contributed by atoms with van der Waals surface area (Å²) in [6.07, 6.45) is 1.51. The molecule has 1 unspecified atom stereocenters. The molecule has 12 heteroatoms. The predicted molar refractivity (Wildman–Crippen MR) is 121 cm³/mol. The molecule has 0 spiro atoms. The second-order valence-electron chi connectivity index (χ2n) is 7.75. The number of imide groups is 1. The standard InChI is InChI=1S/C23H21N7O5/c1-15-25-27-28-29(15)18(13-16-9-5-3-6-10-16)20(32)35-14-19(31)26-30-21(33)23(2,24-22(30)34)17-11-7-4-8-12-17/h3-13H,14H2,1-2H3,(H,24,34)(H,26,31). The average molecular weight is 475 g/mol. The second kappa shape index (κ2) is 9.55. The molecule has 0 radical (unpaired) electrons. The summed E-state index contributed by atoms with van der Waals surface area (Å²) in [6, 6.07) is 16.7. The van der Waals surface area contributed by atoms with Crippen molar-refractivity contribution in [3.8, 4) is 0 Å². The molecule has 2 N–H and O–H groups in total. The Kier molecular flexibility index (Phi) is 6.36. The van der Waals surface area contributed by atoms with Gasteiger partial charge >= 0.3 is 12.0 Å². The van der Waals surface area contributed by atoms with E-state index in [2.05, 4.69) is 26.3 Å². The molecule has 1 atom stereocenters. The number of hydrazine groups is 1. The van der Waals surface area contributed by atoms with Gasteiger partial charge in [-0.05, 0) is 41.5 Å². The first-order valence-electron chi connectivity index (χ1n) is 10.5. The number of aromatic nitrogens is 4. The van der Waals surface area contributed by atoms with E-state index in [1.54, 1.807) is 61.5 Å². The minimum absolute atomic E-state index is 0.0295. The molecule has 1 aliphatic rings. The maximum absolute atomic E-state index is 12.9. The molecule has 3 aromatic rings. The first-order valence-corrected chi connectivity index (χ1v) is 10.5. The summed E-state index contributed by atoms with van der Waals surface area (Å²) >= 11 is 0. The lowest BCUT2D eigenvalue weighted by molar-refractivity contribution is -0.146. The number of nitrogens with one attached hydrogen (secondary N) is 2. The molecule has 0 saturated carbocycles. The number of hydrogen-bond donors (Lipinski definition) is 2. The number of amides is 4. The first-order chi connectivity index (χ1) is 16.8. The predicted octanol–water partition coefficient (Wildman–Crippen LogP) is 1.02. The van der Waals surface area contributed by atoms with Crippen LogP contribution in [0.1, 0.15) is 23.9 Å². The molecule has 1 saturated heterocycles. The van der Waals surface area contributed by atoms with Crippen LogP contribution in [0.2, 0.25) is 0 Å². The van der Waals surface area contributed by atoms with Crippen LogP contribution in [0.25, 0.3) is 11.8 Å². The summed E-state index contributed by atoms with van der Waals surface area (Å²) in [5, 5.41) is 14.2. The number of tetrazole rings is 1. The summed E-state index contributed by atoms with van der Waals surface area (Å²) in [6.45, 7) is 2.37. The average Bonchev–Trinajstić information content (AvgIpc) is 3.38. The fourth-order valence-corrected chi connectivity index (χ4v) is 3.44. The lowest BCUT2D eigenvalue weighted by Crippen LogP contribution is -2.49. The van der Waals surface area contributed by atoms with Crippen LogP contribution in [-0.4, -0.2) is 55.6 Å². The number of nitrogens with zero attached hydrogens (tertiary/aromatic N) is 5. The van der Waals surface area contributed by atoms with Gasteiger partial charge in [-0.1, -0.05) is 60.7 Å². The zero-order valence-corrected chi connectivity index (χ0v) is 18.8. The number of aryl methyl sites for hydroxylation is 1. The van der Waals surface area contributed by atoms with Crippen molar-refractivity contribution in [2.45, 2.75) is 19.4 Å². The van der Waals surface area contributed by atoms with Crippen molar-refractivity contribution in [3.63, 3.8) is 0 Å². The number of esters is 1. The monoisotopic (exact) mass is 475 g/mol. The Morgan fingerprint density at radius 2 is 1.74 bits per heavy atom. The van der Waals surface area contributed by atoms with Crippen LogP contribution in [0, 0.1) is 6.92 Å². The number of rotatable bonds is 7. The number of urea groups is 1. The Morgan fingerprint density at radius 1 is 1.09 bits per heavy atom. The van der Waals surface area contributed by atoms with Crippen LogP contribution in [0.5, 0.6) is 0 Å². The molecular formula is C23H21N7O5. The minimum atomic E-state index is -1.36. The molecule has 1 fully saturated rings. The molecule has 0 aliphatic carbocycles. The van der Waals surface area contributed by atoms with Crippen molar-refractivity contribution in [2.24, 2.45) is 0 Å². The van der Waals surface area contributed by atoms with E-state index in [4.69, 9.17) is 4.74 Å². The molecule has 1 aromatic heterocycles. The van der Waals surface area contributed by atoms with Crippen LogP contribution in [-0.2, 0) is 24.7 Å². The zero-order chi connectivity index (χ0) is 25.0. The van der Waals surface area contributed by atoms with Crippen molar-refractivity contribution in [1.82, 2.24) is 36.0 Å². The summed E-state index contributed by atoms with van der Waals surface area (Å²) in [5.41, 5.74) is 2.03. The SMILES string of the molecule is Cc1nnnn1C(=Cc1ccccc1)C(=O)OCC(=O)NN1C(=O)NC(C)(c2ccccc2)C1=O. The lowest BCUT2D eigenvalue weighted by atomic mass is 9.92. The molecule has 4 rings (SSSR count). The third-order valence-electron chi connectivity index (χ3n) is 5.28. The Bertz CT molecular complexity index is 1310. The summed E-state index contributed by atoms with van der Waals surface area (Å²) in [4.78, 5) is 50.5. The van der Waals surface area contributed by atoms with Gasteiger partial charge in [0, 0.05) is 0 Å². The van der Waals surface area contributed by atoms with Crippen molar-refractivity contribution < 1.29 is 23.9 Å². The summed E-state index contributed by atoms with van der Waals surface area (Å²) in [7, 11) is 0. The van der Waals surface area contributed by atoms with E-state index in [9.17, 15) is 19.2 Å². The van der Waals surface area contributed by atoms with Crippen LogP contribution in [0.15, 0.2) is 60.7 Å². The van der Waals surface area contributed by atoms with E-state index in [0.29, 0.717) is 22.0 Å². The van der Waals surface area contributed by atoms with E-state index < -0.39 is 36.0 Å². The van der Waals surface area contributed by atoms with Gasteiger partial charge in [0.25, 0.3) is 11.8 Å². The van der Waals surface area contributed by atoms with E-state index in [1.165, 1.54) is 17.7 Å². The van der Waals surface area contributed by atoms with Crippen LogP contribution in [0.4, 0.5) is 4.79 Å². The van der Waals surface area contributed by atoms with Gasteiger partial charge in [-0.3, -0.25) is 15.0 Å². The Morgan fingerprint density at radius 3 is 2.37 bits per heavy atom. The normalized spacial score (nSPS) is 17.8. The maximum atomic E-state index is 12.9. The van der Waals surface area contributed by atoms with E-state index >= 15 is 0 Å². The molecule has 35 heavy (non-hydrogen) atoms. The smallest absolute Gasteiger partial charge is 0.357 e. The van der Waals surface area contributed by atoms with Crippen LogP contribution >= 0.6 is 0 Å². The van der Waals surface area contributed by atoms with E-state index in [0.717, 1.165) is 0 Å². The van der Waals surface area contributed by atoms with Gasteiger partial charge in [-0.2, -0.15) is 9.69 Å². The highest BCUT2D eigenvalue weighted by molar-refractivity contribution is 6.15. The first kappa shape index (κ1) is 23.3. The van der Waals surface area contributed by atoms with Gasteiger partial charge in [0.05, 0.1) is 0 Å². The number of ether oxygens (including phenoxy) is 1. The minimum Gasteiger partial charge on any atom is -0.451 e. The topological polar surface area (TPSA) is 148 Å². The quantitative estimate of drug-likeness (QED) is 0.292. The highest BCUT2D eigenvalue weighted by atomic mass is 16.5. The molecule has 1 aliphatic heterocycles. The number of carbonyl (C=O) groups is 4. The fraction of sp³-hybridized carbons (Fsp3) is 0.174. The van der Waals surface area contributed by atoms with Gasteiger partial charge in [0.1, 0.15) is 5.54 Å². The van der Waals surface area contributed by atoms with Crippen molar-refractivity contribution in [2.75, 3.05) is 6.61 Å². The largest absolute Gasteiger partial charge is 0.451 e. The Labute approximate surface area is 199 Å². The van der Waals surface area contributed by atoms with Gasteiger partial charge in [0.15, 0.2) is 18.1 Å². The zero-order valence-electron chi connectivity index (χ0n) is 18.8. The fourth-order valence-electron chi connectivity index (χ4n) is 3.44. The maximum Gasteiger partial charge on any atom is 0.357 e. The third kappa shape index (κ3) is 4.76. The molecule has 2 heterocycles. The van der Waals surface area contributed by atoms with Gasteiger partial charge in [-0.15, -0.1) is 5.10 Å². The summed E-state index contributed by atoms with van der Waals surface area (Å²) < 4.78 is 6.31. The molecule has 178 valence electrons. The molecule has 12 nitrogen and oxygen atoms in total. The van der Waals surface area contributed by atoms with Gasteiger partial charge in [0.2, 0.25) is 0 Å². The highest BCUT2D eigenvalue weighted by Gasteiger charge is 2.50. The number of benzene rings is 2. The molecule has 2 aromatic carbocycles. The molecular weight excluding hydrogens is 454 g/mol. The summed E-state index contributed by atoms with van der Waals surface area (Å²) in [5.74, 6) is -2.12. The molecule has 0 bridgehead atoms. The Hall–Kier alpha value is -4.87.